The molecule has 0 spiro atoms. The lowest BCUT2D eigenvalue weighted by Gasteiger charge is -2.35. The number of halogens is 2. The summed E-state index contributed by atoms with van der Waals surface area (Å²) in [5.41, 5.74) is 3.16. The Labute approximate surface area is 220 Å². The molecule has 8 heteroatoms. The monoisotopic (exact) mass is 518 g/mol. The van der Waals surface area contributed by atoms with Gasteiger partial charge in [0.1, 0.15) is 5.82 Å². The Balaban J connectivity index is 1.03. The second-order valence-corrected chi connectivity index (χ2v) is 10.8. The fourth-order valence-corrected chi connectivity index (χ4v) is 6.31. The second kappa shape index (κ2) is 10.7. The number of rotatable bonds is 6. The molecule has 6 rings (SSSR count). The summed E-state index contributed by atoms with van der Waals surface area (Å²) in [4.78, 5) is 27.3. The van der Waals surface area contributed by atoms with E-state index < -0.39 is 11.6 Å². The Morgan fingerprint density at radius 1 is 1.05 bits per heavy atom. The predicted octanol–water partition coefficient (Wildman–Crippen LogP) is 6.37. The number of ether oxygens (including phenoxy) is 1. The zero-order valence-corrected chi connectivity index (χ0v) is 21.3. The first-order chi connectivity index (χ1) is 18.5. The van der Waals surface area contributed by atoms with Gasteiger partial charge in [0.05, 0.1) is 18.3 Å². The molecule has 6 nitrogen and oxygen atoms in total. The van der Waals surface area contributed by atoms with Gasteiger partial charge >= 0.3 is 0 Å². The van der Waals surface area contributed by atoms with E-state index in [1.165, 1.54) is 23.1 Å². The molecule has 1 saturated heterocycles. The lowest BCUT2D eigenvalue weighted by Crippen LogP contribution is -2.42. The van der Waals surface area contributed by atoms with Crippen molar-refractivity contribution in [2.45, 2.75) is 50.9 Å². The van der Waals surface area contributed by atoms with Gasteiger partial charge in [0, 0.05) is 54.7 Å². The number of pyridine rings is 2. The second-order valence-electron chi connectivity index (χ2n) is 10.8. The van der Waals surface area contributed by atoms with Gasteiger partial charge in [-0.05, 0) is 80.2 Å². The number of hydrogen-bond acceptors (Lipinski definition) is 4. The number of likely N-dealkylation sites (tertiary alicyclic amines) is 1. The van der Waals surface area contributed by atoms with E-state index in [0.29, 0.717) is 31.4 Å². The van der Waals surface area contributed by atoms with E-state index in [1.54, 1.807) is 0 Å². The minimum atomic E-state index is -0.696. The summed E-state index contributed by atoms with van der Waals surface area (Å²) in [6.45, 7) is 1.71. The Kier molecular flexibility index (Phi) is 6.96. The number of fused-ring (bicyclic) bond motifs is 3. The van der Waals surface area contributed by atoms with Crippen LogP contribution in [0.1, 0.15) is 56.4 Å². The molecule has 1 atom stereocenters. The van der Waals surface area contributed by atoms with Crippen LogP contribution in [-0.4, -0.2) is 45.5 Å². The lowest BCUT2D eigenvalue weighted by atomic mass is 9.76. The molecular formula is C30H32F2N4O2. The number of piperidine rings is 1. The zero-order valence-electron chi connectivity index (χ0n) is 21.3. The van der Waals surface area contributed by atoms with Gasteiger partial charge in [0.15, 0.2) is 17.2 Å². The number of amides is 1. The highest BCUT2D eigenvalue weighted by molar-refractivity contribution is 6.05. The quantitative estimate of drug-likeness (QED) is 0.322. The number of nitrogens with one attached hydrogen (secondary N) is 1. The molecule has 3 aromatic heterocycles. The van der Waals surface area contributed by atoms with Crippen LogP contribution in [0.3, 0.4) is 0 Å². The van der Waals surface area contributed by atoms with E-state index >= 15 is 0 Å². The van der Waals surface area contributed by atoms with E-state index in [0.717, 1.165) is 67.7 Å². The van der Waals surface area contributed by atoms with Crippen LogP contribution in [0.15, 0.2) is 48.9 Å². The van der Waals surface area contributed by atoms with Crippen molar-refractivity contribution in [3.05, 3.63) is 66.1 Å². The minimum Gasteiger partial charge on any atom is -0.490 e. The molecular weight excluding hydrogens is 486 g/mol. The van der Waals surface area contributed by atoms with Gasteiger partial charge in [-0.2, -0.15) is 0 Å². The van der Waals surface area contributed by atoms with E-state index in [2.05, 4.69) is 21.0 Å². The molecule has 1 aliphatic carbocycles. The first-order valence-electron chi connectivity index (χ1n) is 13.6. The number of hydrogen-bond donors (Lipinski definition) is 1. The van der Waals surface area contributed by atoms with Crippen LogP contribution in [0.25, 0.3) is 21.9 Å². The molecule has 0 radical (unpaired) electrons. The van der Waals surface area contributed by atoms with E-state index in [1.807, 2.05) is 29.6 Å². The van der Waals surface area contributed by atoms with Crippen molar-refractivity contribution < 1.29 is 18.3 Å². The molecule has 1 saturated carbocycles. The topological polar surface area (TPSA) is 71.1 Å². The highest BCUT2D eigenvalue weighted by atomic mass is 19.1. The summed E-state index contributed by atoms with van der Waals surface area (Å²) < 4.78 is 32.7. The smallest absolute Gasteiger partial charge is 0.222 e. The molecule has 38 heavy (non-hydrogen) atoms. The van der Waals surface area contributed by atoms with Crippen molar-refractivity contribution in [2.24, 2.45) is 11.8 Å². The SMILES string of the molecule is O=C(CC1CCC(c2cc[nH]c3cnc4nccc4c23)CC1)N1CCCC(COc2ccc(F)cc2F)C1. The van der Waals surface area contributed by atoms with Crippen LogP contribution in [-0.2, 0) is 4.79 Å². The van der Waals surface area contributed by atoms with Crippen molar-refractivity contribution in [3.63, 3.8) is 0 Å². The molecule has 4 heterocycles. The number of aromatic amines is 1. The average molecular weight is 519 g/mol. The van der Waals surface area contributed by atoms with Crippen LogP contribution in [0.4, 0.5) is 8.78 Å². The maximum atomic E-state index is 13.9. The maximum Gasteiger partial charge on any atom is 0.222 e. The summed E-state index contributed by atoms with van der Waals surface area (Å²) in [7, 11) is 0. The highest BCUT2D eigenvalue weighted by Gasteiger charge is 2.29. The standard InChI is InChI=1S/C30H32F2N4O2/c31-22-7-8-27(25(32)15-22)38-18-20-2-1-13-36(17-20)28(37)14-19-3-5-21(6-4-19)23-9-11-33-26-16-35-30-24(29(23)26)10-12-34-30/h7-12,15-16,19-21,33H,1-6,13-14,17-18H2. The molecule has 1 N–H and O–H groups in total. The molecule has 1 amide bonds. The number of H-pyrrole nitrogens is 1. The van der Waals surface area contributed by atoms with Crippen molar-refractivity contribution in [3.8, 4) is 5.75 Å². The third kappa shape index (κ3) is 5.08. The van der Waals surface area contributed by atoms with Gasteiger partial charge in [0.2, 0.25) is 5.91 Å². The fraction of sp³-hybridized carbons (Fsp3) is 0.433. The molecule has 198 valence electrons. The summed E-state index contributed by atoms with van der Waals surface area (Å²) in [5.74, 6) is -0.0481. The van der Waals surface area contributed by atoms with E-state index in [9.17, 15) is 13.6 Å². The Bertz CT molecular complexity index is 1450. The van der Waals surface area contributed by atoms with Crippen LogP contribution in [0, 0.1) is 23.5 Å². The predicted molar refractivity (Wildman–Crippen MR) is 142 cm³/mol. The zero-order chi connectivity index (χ0) is 26.1. The highest BCUT2D eigenvalue weighted by Crippen LogP contribution is 2.41. The van der Waals surface area contributed by atoms with Gasteiger partial charge < -0.3 is 14.6 Å². The van der Waals surface area contributed by atoms with Crippen molar-refractivity contribution in [2.75, 3.05) is 19.7 Å². The fourth-order valence-electron chi connectivity index (χ4n) is 6.31. The van der Waals surface area contributed by atoms with Gasteiger partial charge in [0.25, 0.3) is 0 Å². The van der Waals surface area contributed by atoms with Gasteiger partial charge in [-0.1, -0.05) is 0 Å². The largest absolute Gasteiger partial charge is 0.490 e. The maximum absolute atomic E-state index is 13.9. The van der Waals surface area contributed by atoms with Crippen molar-refractivity contribution in [1.29, 1.82) is 0 Å². The number of carbonyl (C=O) groups excluding carboxylic acids is 1. The van der Waals surface area contributed by atoms with Gasteiger partial charge in [-0.15, -0.1) is 0 Å². The summed E-state index contributed by atoms with van der Waals surface area (Å²) in [6, 6.07) is 7.58. The van der Waals surface area contributed by atoms with E-state index in [-0.39, 0.29) is 17.6 Å². The average Bonchev–Trinajstić information content (AvgIpc) is 3.42. The minimum absolute atomic E-state index is 0.0577. The molecule has 0 bridgehead atoms. The van der Waals surface area contributed by atoms with Crippen molar-refractivity contribution in [1.82, 2.24) is 19.9 Å². The summed E-state index contributed by atoms with van der Waals surface area (Å²) in [5, 5.41) is 2.31. The summed E-state index contributed by atoms with van der Waals surface area (Å²) in [6.07, 6.45) is 12.3. The van der Waals surface area contributed by atoms with Crippen LogP contribution in [0.5, 0.6) is 5.75 Å². The van der Waals surface area contributed by atoms with Gasteiger partial charge in [-0.25, -0.2) is 18.7 Å². The van der Waals surface area contributed by atoms with Gasteiger partial charge in [-0.3, -0.25) is 4.79 Å². The summed E-state index contributed by atoms with van der Waals surface area (Å²) >= 11 is 0. The molecule has 2 aliphatic rings. The first-order valence-corrected chi connectivity index (χ1v) is 13.6. The molecule has 1 unspecified atom stereocenters. The van der Waals surface area contributed by atoms with Crippen molar-refractivity contribution >= 4 is 27.8 Å². The molecule has 1 aliphatic heterocycles. The number of carbonyl (C=O) groups is 1. The molecule has 2 fully saturated rings. The molecule has 4 aromatic rings. The Morgan fingerprint density at radius 3 is 2.76 bits per heavy atom. The molecule has 1 aromatic carbocycles. The third-order valence-corrected chi connectivity index (χ3v) is 8.31. The lowest BCUT2D eigenvalue weighted by molar-refractivity contribution is -0.134. The number of benzene rings is 1. The first kappa shape index (κ1) is 24.8. The Morgan fingerprint density at radius 2 is 1.92 bits per heavy atom. The number of nitrogens with zero attached hydrogens (tertiary/aromatic N) is 3. The van der Waals surface area contributed by atoms with Crippen LogP contribution < -0.4 is 4.74 Å². The van der Waals surface area contributed by atoms with E-state index in [4.69, 9.17) is 4.74 Å². The van der Waals surface area contributed by atoms with Crippen LogP contribution in [0.2, 0.25) is 0 Å². The third-order valence-electron chi connectivity index (χ3n) is 8.31. The number of aromatic nitrogens is 3. The van der Waals surface area contributed by atoms with Crippen LogP contribution >= 0.6 is 0 Å². The Hall–Kier alpha value is -3.55. The normalized spacial score (nSPS) is 22.2.